The van der Waals surface area contributed by atoms with Gasteiger partial charge in [-0.3, -0.25) is 9.69 Å². The molecule has 0 saturated carbocycles. The minimum Gasteiger partial charge on any atom is -0.348 e. The van der Waals surface area contributed by atoms with Crippen LogP contribution >= 0.6 is 0 Å². The van der Waals surface area contributed by atoms with E-state index in [2.05, 4.69) is 56.2 Å². The van der Waals surface area contributed by atoms with Gasteiger partial charge in [-0.1, -0.05) is 42.5 Å². The van der Waals surface area contributed by atoms with Crippen molar-refractivity contribution < 1.29 is 4.79 Å². The summed E-state index contributed by atoms with van der Waals surface area (Å²) < 4.78 is 0. The summed E-state index contributed by atoms with van der Waals surface area (Å²) >= 11 is 0. The van der Waals surface area contributed by atoms with Crippen LogP contribution in [0.1, 0.15) is 36.7 Å². The van der Waals surface area contributed by atoms with E-state index >= 15 is 0 Å². The number of hydrogen-bond donors (Lipinski definition) is 1. The number of aromatic nitrogens is 2. The van der Waals surface area contributed by atoms with Crippen LogP contribution in [0.4, 0.5) is 0 Å². The molecule has 1 N–H and O–H groups in total. The number of likely N-dealkylation sites (tertiary alicyclic amines) is 1. The van der Waals surface area contributed by atoms with Gasteiger partial charge >= 0.3 is 0 Å². The van der Waals surface area contributed by atoms with Gasteiger partial charge in [-0.05, 0) is 18.4 Å². The fourth-order valence-electron chi connectivity index (χ4n) is 4.45. The third-order valence-corrected chi connectivity index (χ3v) is 5.80. The summed E-state index contributed by atoms with van der Waals surface area (Å²) in [7, 11) is 0. The Balaban J connectivity index is 1.45. The number of piperidine rings is 1. The van der Waals surface area contributed by atoms with E-state index in [0.29, 0.717) is 0 Å². The molecule has 136 valence electrons. The molecule has 5 nitrogen and oxygen atoms in total. The third-order valence-electron chi connectivity index (χ3n) is 5.80. The number of benzene rings is 1. The largest absolute Gasteiger partial charge is 0.348 e. The fraction of sp³-hybridized carbons (Fsp3) is 0.429. The summed E-state index contributed by atoms with van der Waals surface area (Å²) in [4.78, 5) is 24.7. The molecule has 0 bridgehead atoms. The van der Waals surface area contributed by atoms with Gasteiger partial charge in [0.05, 0.1) is 17.6 Å². The number of carbonyl (C=O) groups is 1. The molecule has 1 aromatic heterocycles. The van der Waals surface area contributed by atoms with Crippen LogP contribution in [0, 0.1) is 0 Å². The van der Waals surface area contributed by atoms with Crippen molar-refractivity contribution in [2.45, 2.75) is 31.7 Å². The van der Waals surface area contributed by atoms with Gasteiger partial charge in [-0.15, -0.1) is 0 Å². The molecular weight excluding hydrogens is 324 g/mol. The minimum atomic E-state index is -0.223. The van der Waals surface area contributed by atoms with Crippen LogP contribution in [0.3, 0.4) is 0 Å². The lowest BCUT2D eigenvalue weighted by molar-refractivity contribution is -0.139. The third kappa shape index (κ3) is 3.07. The standard InChI is InChI=1S/C21H26N4O/c1-17(26)25-13-9-19-20(23-16-22-19)21(25)10-14-24(15-11-21)12-5-8-18-6-3-2-4-7-18/h2-8,16H,9-15H2,1H3,(H,22,23). The molecule has 1 amide bonds. The first-order valence-electron chi connectivity index (χ1n) is 9.44. The number of aromatic amines is 1. The second-order valence-corrected chi connectivity index (χ2v) is 7.30. The number of imidazole rings is 1. The molecule has 3 heterocycles. The Morgan fingerprint density at radius 1 is 1.23 bits per heavy atom. The van der Waals surface area contributed by atoms with Crippen molar-refractivity contribution in [3.8, 4) is 0 Å². The van der Waals surface area contributed by atoms with Crippen LogP contribution < -0.4 is 0 Å². The molecule has 1 saturated heterocycles. The van der Waals surface area contributed by atoms with E-state index in [9.17, 15) is 4.79 Å². The van der Waals surface area contributed by atoms with Gasteiger partial charge in [0.15, 0.2) is 0 Å². The van der Waals surface area contributed by atoms with Crippen molar-refractivity contribution in [1.82, 2.24) is 19.8 Å². The second kappa shape index (κ2) is 7.08. The predicted octanol–water partition coefficient (Wildman–Crippen LogP) is 2.82. The summed E-state index contributed by atoms with van der Waals surface area (Å²) in [5.41, 5.74) is 3.31. The molecule has 5 heteroatoms. The summed E-state index contributed by atoms with van der Waals surface area (Å²) in [5, 5.41) is 0. The van der Waals surface area contributed by atoms with E-state index < -0.39 is 0 Å². The Bertz CT molecular complexity index is 787. The van der Waals surface area contributed by atoms with Gasteiger partial charge in [0.25, 0.3) is 0 Å². The van der Waals surface area contributed by atoms with Crippen molar-refractivity contribution in [2.24, 2.45) is 0 Å². The highest BCUT2D eigenvalue weighted by Crippen LogP contribution is 2.42. The number of H-pyrrole nitrogens is 1. The molecule has 4 rings (SSSR count). The Kier molecular flexibility index (Phi) is 4.64. The number of nitrogens with one attached hydrogen (secondary N) is 1. The number of carbonyl (C=O) groups excluding carboxylic acids is 1. The highest BCUT2D eigenvalue weighted by Gasteiger charge is 2.47. The van der Waals surface area contributed by atoms with E-state index in [4.69, 9.17) is 0 Å². The summed E-state index contributed by atoms with van der Waals surface area (Å²) in [6, 6.07) is 10.4. The second-order valence-electron chi connectivity index (χ2n) is 7.30. The molecule has 26 heavy (non-hydrogen) atoms. The molecule has 2 aliphatic heterocycles. The van der Waals surface area contributed by atoms with Crippen molar-refractivity contribution in [3.05, 3.63) is 59.7 Å². The zero-order valence-electron chi connectivity index (χ0n) is 15.3. The lowest BCUT2D eigenvalue weighted by Gasteiger charge is -2.50. The number of rotatable bonds is 3. The predicted molar refractivity (Wildman–Crippen MR) is 103 cm³/mol. The average molecular weight is 350 g/mol. The highest BCUT2D eigenvalue weighted by molar-refractivity contribution is 5.75. The molecule has 2 aliphatic rings. The zero-order chi connectivity index (χ0) is 18.0. The van der Waals surface area contributed by atoms with Crippen molar-refractivity contribution in [3.63, 3.8) is 0 Å². The van der Waals surface area contributed by atoms with Crippen LogP contribution in [0.2, 0.25) is 0 Å². The molecule has 0 unspecified atom stereocenters. The van der Waals surface area contributed by atoms with Crippen molar-refractivity contribution in [2.75, 3.05) is 26.2 Å². The number of nitrogens with zero attached hydrogens (tertiary/aromatic N) is 3. The maximum Gasteiger partial charge on any atom is 0.220 e. The Labute approximate surface area is 154 Å². The molecule has 1 spiro atoms. The Morgan fingerprint density at radius 3 is 2.73 bits per heavy atom. The van der Waals surface area contributed by atoms with Crippen LogP contribution in [0.25, 0.3) is 6.08 Å². The average Bonchev–Trinajstić information content (AvgIpc) is 3.14. The number of fused-ring (bicyclic) bond motifs is 2. The zero-order valence-corrected chi connectivity index (χ0v) is 15.3. The SMILES string of the molecule is CC(=O)N1CCc2[nH]cnc2C12CCN(CC=Cc1ccccc1)CC2. The van der Waals surface area contributed by atoms with Gasteiger partial charge in [0, 0.05) is 45.2 Å². The fourth-order valence-corrected chi connectivity index (χ4v) is 4.45. The lowest BCUT2D eigenvalue weighted by atomic mass is 9.78. The molecule has 0 atom stereocenters. The van der Waals surface area contributed by atoms with Crippen LogP contribution in [-0.4, -0.2) is 51.9 Å². The number of amides is 1. The highest BCUT2D eigenvalue weighted by atomic mass is 16.2. The molecular formula is C21H26N4O. The summed E-state index contributed by atoms with van der Waals surface area (Å²) in [5.74, 6) is 0.163. The molecule has 0 radical (unpaired) electrons. The molecule has 2 aromatic rings. The topological polar surface area (TPSA) is 52.2 Å². The van der Waals surface area contributed by atoms with Gasteiger partial charge < -0.3 is 9.88 Å². The van der Waals surface area contributed by atoms with Gasteiger partial charge in [0.1, 0.15) is 0 Å². The lowest BCUT2D eigenvalue weighted by Crippen LogP contribution is -2.57. The molecule has 0 aliphatic carbocycles. The first-order valence-corrected chi connectivity index (χ1v) is 9.44. The minimum absolute atomic E-state index is 0.163. The van der Waals surface area contributed by atoms with Gasteiger partial charge in [0.2, 0.25) is 5.91 Å². The quantitative estimate of drug-likeness (QED) is 0.926. The van der Waals surface area contributed by atoms with Crippen LogP contribution in [-0.2, 0) is 16.8 Å². The Morgan fingerprint density at radius 2 is 2.00 bits per heavy atom. The summed E-state index contributed by atoms with van der Waals surface area (Å²) in [6.45, 7) is 5.38. The van der Waals surface area contributed by atoms with Crippen molar-refractivity contribution in [1.29, 1.82) is 0 Å². The van der Waals surface area contributed by atoms with Crippen molar-refractivity contribution >= 4 is 12.0 Å². The van der Waals surface area contributed by atoms with E-state index in [1.165, 1.54) is 11.3 Å². The van der Waals surface area contributed by atoms with E-state index in [1.807, 2.05) is 6.07 Å². The van der Waals surface area contributed by atoms with Gasteiger partial charge in [-0.2, -0.15) is 0 Å². The maximum absolute atomic E-state index is 12.3. The molecule has 1 aromatic carbocycles. The Hall–Kier alpha value is -2.40. The first kappa shape index (κ1) is 17.0. The smallest absolute Gasteiger partial charge is 0.220 e. The van der Waals surface area contributed by atoms with Gasteiger partial charge in [-0.25, -0.2) is 4.98 Å². The van der Waals surface area contributed by atoms with E-state index in [-0.39, 0.29) is 11.4 Å². The van der Waals surface area contributed by atoms with Crippen LogP contribution in [0.15, 0.2) is 42.7 Å². The monoisotopic (exact) mass is 350 g/mol. The number of hydrogen-bond acceptors (Lipinski definition) is 3. The van der Waals surface area contributed by atoms with Crippen LogP contribution in [0.5, 0.6) is 0 Å². The van der Waals surface area contributed by atoms with E-state index in [0.717, 1.165) is 51.1 Å². The molecule has 1 fully saturated rings. The normalized spacial score (nSPS) is 19.8. The van der Waals surface area contributed by atoms with E-state index in [1.54, 1.807) is 13.3 Å². The maximum atomic E-state index is 12.3. The summed E-state index contributed by atoms with van der Waals surface area (Å²) in [6.07, 6.45) is 8.97. The first-order chi connectivity index (χ1) is 12.7.